The molecule has 2 atom stereocenters. The second kappa shape index (κ2) is 4.84. The van der Waals surface area contributed by atoms with Crippen LogP contribution in [0.4, 0.5) is 0 Å². The molecule has 0 aromatic carbocycles. The third-order valence-corrected chi connectivity index (χ3v) is 3.56. The SMILES string of the molecule is CC1CC1CN(C)C(=O)Cn1cccc1C(=O)O. The Morgan fingerprint density at radius 1 is 1.56 bits per heavy atom. The predicted octanol–water partition coefficient (Wildman–Crippen LogP) is 1.30. The molecule has 5 heteroatoms. The largest absolute Gasteiger partial charge is 0.477 e. The Morgan fingerprint density at radius 3 is 2.78 bits per heavy atom. The first-order chi connectivity index (χ1) is 8.49. The molecule has 2 rings (SSSR count). The van der Waals surface area contributed by atoms with Crippen LogP contribution in [0.2, 0.25) is 0 Å². The van der Waals surface area contributed by atoms with Crippen molar-refractivity contribution in [3.05, 3.63) is 24.0 Å². The Balaban J connectivity index is 1.93. The lowest BCUT2D eigenvalue weighted by Gasteiger charge is -2.18. The van der Waals surface area contributed by atoms with E-state index in [4.69, 9.17) is 5.11 Å². The fourth-order valence-corrected chi connectivity index (χ4v) is 2.12. The predicted molar refractivity (Wildman–Crippen MR) is 66.3 cm³/mol. The van der Waals surface area contributed by atoms with Gasteiger partial charge in [0.1, 0.15) is 12.2 Å². The molecule has 1 heterocycles. The molecule has 1 aliphatic rings. The van der Waals surface area contributed by atoms with Gasteiger partial charge >= 0.3 is 5.97 Å². The highest BCUT2D eigenvalue weighted by molar-refractivity contribution is 5.86. The molecule has 1 aliphatic carbocycles. The van der Waals surface area contributed by atoms with Crippen LogP contribution in [0.3, 0.4) is 0 Å². The van der Waals surface area contributed by atoms with Crippen LogP contribution in [0.15, 0.2) is 18.3 Å². The number of carbonyl (C=O) groups excluding carboxylic acids is 1. The molecule has 0 spiro atoms. The smallest absolute Gasteiger partial charge is 0.352 e. The average molecular weight is 250 g/mol. The normalized spacial score (nSPS) is 21.7. The Morgan fingerprint density at radius 2 is 2.22 bits per heavy atom. The molecule has 0 saturated heterocycles. The van der Waals surface area contributed by atoms with Gasteiger partial charge in [0, 0.05) is 19.8 Å². The minimum atomic E-state index is -1.01. The van der Waals surface area contributed by atoms with Crippen LogP contribution in [0.25, 0.3) is 0 Å². The molecule has 1 aromatic heterocycles. The molecule has 1 saturated carbocycles. The van der Waals surface area contributed by atoms with Crippen LogP contribution in [0, 0.1) is 11.8 Å². The summed E-state index contributed by atoms with van der Waals surface area (Å²) in [4.78, 5) is 24.6. The van der Waals surface area contributed by atoms with Crippen molar-refractivity contribution in [2.45, 2.75) is 19.9 Å². The number of carboxylic acid groups (broad SMARTS) is 1. The maximum Gasteiger partial charge on any atom is 0.352 e. The van der Waals surface area contributed by atoms with Crippen molar-refractivity contribution < 1.29 is 14.7 Å². The van der Waals surface area contributed by atoms with Gasteiger partial charge in [-0.15, -0.1) is 0 Å². The number of aromatic carboxylic acids is 1. The lowest BCUT2D eigenvalue weighted by molar-refractivity contribution is -0.130. The van der Waals surface area contributed by atoms with Crippen LogP contribution in [-0.4, -0.2) is 40.0 Å². The van der Waals surface area contributed by atoms with Crippen molar-refractivity contribution in [3.63, 3.8) is 0 Å². The van der Waals surface area contributed by atoms with E-state index in [1.807, 2.05) is 0 Å². The summed E-state index contributed by atoms with van der Waals surface area (Å²) in [6.07, 6.45) is 2.80. The average Bonchev–Trinajstić information content (AvgIpc) is 2.79. The standard InChI is InChI=1S/C13H18N2O3/c1-9-6-10(9)7-14(2)12(16)8-15-5-3-4-11(15)13(17)18/h3-5,9-10H,6-8H2,1-2H3,(H,17,18). The zero-order valence-corrected chi connectivity index (χ0v) is 10.7. The Hall–Kier alpha value is -1.78. The number of aromatic nitrogens is 1. The summed E-state index contributed by atoms with van der Waals surface area (Å²) in [5.74, 6) is 0.267. The highest BCUT2D eigenvalue weighted by Crippen LogP contribution is 2.37. The van der Waals surface area contributed by atoms with E-state index in [1.54, 1.807) is 24.2 Å². The number of carbonyl (C=O) groups is 2. The quantitative estimate of drug-likeness (QED) is 0.856. The zero-order chi connectivity index (χ0) is 13.3. The number of hydrogen-bond donors (Lipinski definition) is 1. The van der Waals surface area contributed by atoms with Gasteiger partial charge in [0.15, 0.2) is 0 Å². The highest BCUT2D eigenvalue weighted by Gasteiger charge is 2.34. The minimum Gasteiger partial charge on any atom is -0.477 e. The van der Waals surface area contributed by atoms with E-state index in [9.17, 15) is 9.59 Å². The van der Waals surface area contributed by atoms with Gasteiger partial charge in [-0.25, -0.2) is 4.79 Å². The van der Waals surface area contributed by atoms with Crippen molar-refractivity contribution >= 4 is 11.9 Å². The molecular formula is C13H18N2O3. The lowest BCUT2D eigenvalue weighted by atomic mass is 10.3. The van der Waals surface area contributed by atoms with Gasteiger partial charge in [0.2, 0.25) is 5.91 Å². The monoisotopic (exact) mass is 250 g/mol. The number of amides is 1. The van der Waals surface area contributed by atoms with E-state index in [1.165, 1.54) is 17.1 Å². The van der Waals surface area contributed by atoms with E-state index < -0.39 is 5.97 Å². The maximum atomic E-state index is 12.0. The van der Waals surface area contributed by atoms with E-state index in [0.29, 0.717) is 11.8 Å². The number of carboxylic acids is 1. The van der Waals surface area contributed by atoms with Crippen molar-refractivity contribution in [1.29, 1.82) is 0 Å². The Bertz CT molecular complexity index is 467. The van der Waals surface area contributed by atoms with Gasteiger partial charge < -0.3 is 14.6 Å². The zero-order valence-electron chi connectivity index (χ0n) is 10.7. The topological polar surface area (TPSA) is 62.5 Å². The summed E-state index contributed by atoms with van der Waals surface area (Å²) in [5.41, 5.74) is 0.150. The van der Waals surface area contributed by atoms with Gasteiger partial charge in [-0.1, -0.05) is 6.92 Å². The third kappa shape index (κ3) is 2.72. The highest BCUT2D eigenvalue weighted by atomic mass is 16.4. The van der Waals surface area contributed by atoms with Crippen molar-refractivity contribution in [1.82, 2.24) is 9.47 Å². The fourth-order valence-electron chi connectivity index (χ4n) is 2.12. The van der Waals surface area contributed by atoms with Crippen molar-refractivity contribution in [2.24, 2.45) is 11.8 Å². The van der Waals surface area contributed by atoms with Gasteiger partial charge in [-0.05, 0) is 30.4 Å². The van der Waals surface area contributed by atoms with Gasteiger partial charge in [-0.3, -0.25) is 4.79 Å². The van der Waals surface area contributed by atoms with Crippen molar-refractivity contribution in [2.75, 3.05) is 13.6 Å². The van der Waals surface area contributed by atoms with E-state index in [-0.39, 0.29) is 18.1 Å². The summed E-state index contributed by atoms with van der Waals surface area (Å²) in [6, 6.07) is 3.14. The molecule has 1 aromatic rings. The summed E-state index contributed by atoms with van der Waals surface area (Å²) >= 11 is 0. The van der Waals surface area contributed by atoms with Gasteiger partial charge in [0.05, 0.1) is 0 Å². The van der Waals surface area contributed by atoms with E-state index in [0.717, 1.165) is 6.54 Å². The van der Waals surface area contributed by atoms with E-state index >= 15 is 0 Å². The third-order valence-electron chi connectivity index (χ3n) is 3.56. The Kier molecular flexibility index (Phi) is 3.41. The molecule has 1 amide bonds. The minimum absolute atomic E-state index is 0.0483. The summed E-state index contributed by atoms with van der Waals surface area (Å²) in [7, 11) is 1.78. The first kappa shape index (κ1) is 12.7. The summed E-state index contributed by atoms with van der Waals surface area (Å²) in [5, 5.41) is 8.95. The van der Waals surface area contributed by atoms with Crippen molar-refractivity contribution in [3.8, 4) is 0 Å². The van der Waals surface area contributed by atoms with Crippen LogP contribution >= 0.6 is 0 Å². The molecule has 2 unspecified atom stereocenters. The maximum absolute atomic E-state index is 12.0. The summed E-state index contributed by atoms with van der Waals surface area (Å²) < 4.78 is 1.47. The number of likely N-dealkylation sites (N-methyl/N-ethyl adjacent to an activating group) is 1. The lowest BCUT2D eigenvalue weighted by Crippen LogP contribution is -2.32. The van der Waals surface area contributed by atoms with Crippen LogP contribution in [-0.2, 0) is 11.3 Å². The Labute approximate surface area is 106 Å². The second-order valence-corrected chi connectivity index (χ2v) is 5.07. The molecular weight excluding hydrogens is 232 g/mol. The molecule has 5 nitrogen and oxygen atoms in total. The van der Waals surface area contributed by atoms with Crippen LogP contribution in [0.5, 0.6) is 0 Å². The number of nitrogens with zero attached hydrogens (tertiary/aromatic N) is 2. The molecule has 0 aliphatic heterocycles. The molecule has 0 radical (unpaired) electrons. The molecule has 18 heavy (non-hydrogen) atoms. The number of rotatable bonds is 5. The van der Waals surface area contributed by atoms with Crippen LogP contribution < -0.4 is 0 Å². The number of hydrogen-bond acceptors (Lipinski definition) is 2. The summed E-state index contributed by atoms with van der Waals surface area (Å²) in [6.45, 7) is 3.04. The van der Waals surface area contributed by atoms with Gasteiger partial charge in [-0.2, -0.15) is 0 Å². The molecule has 1 N–H and O–H groups in total. The fraction of sp³-hybridized carbons (Fsp3) is 0.538. The van der Waals surface area contributed by atoms with E-state index in [2.05, 4.69) is 6.92 Å². The second-order valence-electron chi connectivity index (χ2n) is 5.07. The first-order valence-electron chi connectivity index (χ1n) is 6.11. The molecule has 1 fully saturated rings. The first-order valence-corrected chi connectivity index (χ1v) is 6.11. The van der Waals surface area contributed by atoms with Crippen LogP contribution in [0.1, 0.15) is 23.8 Å². The molecule has 0 bridgehead atoms. The van der Waals surface area contributed by atoms with Gasteiger partial charge in [0.25, 0.3) is 0 Å². The molecule has 98 valence electrons.